The van der Waals surface area contributed by atoms with E-state index in [4.69, 9.17) is 16.3 Å². The molecule has 0 aliphatic carbocycles. The Bertz CT molecular complexity index is 580. The highest BCUT2D eigenvalue weighted by Crippen LogP contribution is 2.26. The van der Waals surface area contributed by atoms with Gasteiger partial charge in [0.2, 0.25) is 5.28 Å². The van der Waals surface area contributed by atoms with Gasteiger partial charge in [-0.05, 0) is 30.4 Å². The molecule has 0 spiro atoms. The van der Waals surface area contributed by atoms with Crippen molar-refractivity contribution in [3.8, 4) is 0 Å². The van der Waals surface area contributed by atoms with E-state index in [1.807, 2.05) is 0 Å². The summed E-state index contributed by atoms with van der Waals surface area (Å²) in [5, 5.41) is 3.50. The average molecular weight is 338 g/mol. The van der Waals surface area contributed by atoms with Crippen LogP contribution in [0, 0.1) is 5.41 Å². The van der Waals surface area contributed by atoms with Crippen molar-refractivity contribution in [1.82, 2.24) is 9.97 Å². The zero-order chi connectivity index (χ0) is 17.5. The largest absolute Gasteiger partial charge is 0.463 e. The number of nitrogens with one attached hydrogen (secondary N) is 1. The molecule has 126 valence electrons. The molecule has 1 unspecified atom stereocenters. The highest BCUT2D eigenvalue weighted by molar-refractivity contribution is 6.28. The quantitative estimate of drug-likeness (QED) is 0.355. The Morgan fingerprint density at radius 3 is 2.78 bits per heavy atom. The van der Waals surface area contributed by atoms with Gasteiger partial charge in [-0.1, -0.05) is 32.9 Å². The lowest BCUT2D eigenvalue weighted by Gasteiger charge is -2.30. The van der Waals surface area contributed by atoms with Crippen molar-refractivity contribution in [2.45, 2.75) is 40.2 Å². The normalized spacial score (nSPS) is 12.9. The molecule has 0 bridgehead atoms. The van der Waals surface area contributed by atoms with E-state index in [-0.39, 0.29) is 22.7 Å². The minimum atomic E-state index is -0.365. The monoisotopic (exact) mass is 337 g/mol. The Kier molecular flexibility index (Phi) is 7.23. The van der Waals surface area contributed by atoms with Gasteiger partial charge in [-0.25, -0.2) is 14.8 Å². The molecule has 0 radical (unpaired) electrons. The van der Waals surface area contributed by atoms with Gasteiger partial charge in [0.25, 0.3) is 0 Å². The van der Waals surface area contributed by atoms with Crippen molar-refractivity contribution < 1.29 is 9.53 Å². The summed E-state index contributed by atoms with van der Waals surface area (Å²) in [4.78, 5) is 19.8. The second-order valence-corrected chi connectivity index (χ2v) is 6.44. The number of ether oxygens (including phenoxy) is 1. The van der Waals surface area contributed by atoms with Gasteiger partial charge in [-0.2, -0.15) is 0 Å². The Morgan fingerprint density at radius 2 is 2.22 bits per heavy atom. The molecule has 0 fully saturated rings. The highest BCUT2D eigenvalue weighted by Gasteiger charge is 2.24. The third kappa shape index (κ3) is 6.40. The Balaban J connectivity index is 3.05. The molecule has 1 aromatic rings. The highest BCUT2D eigenvalue weighted by atomic mass is 35.5. The van der Waals surface area contributed by atoms with Gasteiger partial charge in [0.15, 0.2) is 0 Å². The minimum Gasteiger partial charge on any atom is -0.463 e. The van der Waals surface area contributed by atoms with Crippen LogP contribution in [-0.2, 0) is 16.0 Å². The predicted molar refractivity (Wildman–Crippen MR) is 93.6 cm³/mol. The molecule has 0 aliphatic heterocycles. The van der Waals surface area contributed by atoms with Crippen LogP contribution in [0.25, 0.3) is 0 Å². The van der Waals surface area contributed by atoms with Crippen molar-refractivity contribution in [2.75, 3.05) is 11.9 Å². The third-order valence-electron chi connectivity index (χ3n) is 3.14. The van der Waals surface area contributed by atoms with Gasteiger partial charge in [0, 0.05) is 17.8 Å². The van der Waals surface area contributed by atoms with Crippen molar-refractivity contribution >= 4 is 23.4 Å². The van der Waals surface area contributed by atoms with Gasteiger partial charge in [-0.3, -0.25) is 0 Å². The van der Waals surface area contributed by atoms with E-state index in [0.717, 1.165) is 5.56 Å². The number of carbonyl (C=O) groups is 1. The first-order valence-electron chi connectivity index (χ1n) is 7.51. The molecule has 23 heavy (non-hydrogen) atoms. The van der Waals surface area contributed by atoms with Crippen LogP contribution in [0.2, 0.25) is 5.28 Å². The van der Waals surface area contributed by atoms with Crippen LogP contribution in [-0.4, -0.2) is 28.6 Å². The second-order valence-electron chi connectivity index (χ2n) is 6.10. The lowest BCUT2D eigenvalue weighted by molar-refractivity contribution is -0.137. The maximum absolute atomic E-state index is 11.6. The standard InChI is InChI=1S/C17H24ClN3O2/c1-6-8-12-11-19-16(18)21-15(12)20-13(17(3,4)5)9-10-14(22)23-7-2/h6,9-11,13H,1,7-8H2,2-5H3,(H,19,20,21)/b10-9+. The van der Waals surface area contributed by atoms with E-state index in [1.165, 1.54) is 6.08 Å². The Hall–Kier alpha value is -1.88. The molecule has 1 atom stereocenters. The van der Waals surface area contributed by atoms with Crippen LogP contribution in [0.3, 0.4) is 0 Å². The molecule has 1 N–H and O–H groups in total. The lowest BCUT2D eigenvalue weighted by atomic mass is 9.86. The maximum atomic E-state index is 11.6. The fourth-order valence-corrected chi connectivity index (χ4v) is 2.01. The fourth-order valence-electron chi connectivity index (χ4n) is 1.88. The van der Waals surface area contributed by atoms with E-state index in [0.29, 0.717) is 18.8 Å². The molecule has 0 saturated heterocycles. The van der Waals surface area contributed by atoms with Gasteiger partial charge >= 0.3 is 5.97 Å². The number of carbonyl (C=O) groups excluding carboxylic acids is 1. The number of nitrogens with zero attached hydrogens (tertiary/aromatic N) is 2. The topological polar surface area (TPSA) is 64.1 Å². The number of hydrogen-bond donors (Lipinski definition) is 1. The summed E-state index contributed by atoms with van der Waals surface area (Å²) in [6, 6.07) is -0.138. The summed E-state index contributed by atoms with van der Waals surface area (Å²) in [5.41, 5.74) is 0.745. The molecule has 1 rings (SSSR count). The molecule has 1 aromatic heterocycles. The second kappa shape index (κ2) is 8.67. The zero-order valence-electron chi connectivity index (χ0n) is 14.1. The summed E-state index contributed by atoms with van der Waals surface area (Å²) >= 11 is 5.90. The van der Waals surface area contributed by atoms with Gasteiger partial charge in [0.1, 0.15) is 5.82 Å². The van der Waals surface area contributed by atoms with Crippen LogP contribution in [0.4, 0.5) is 5.82 Å². The van der Waals surface area contributed by atoms with Crippen LogP contribution < -0.4 is 5.32 Å². The van der Waals surface area contributed by atoms with E-state index in [2.05, 4.69) is 42.6 Å². The molecular weight excluding hydrogens is 314 g/mol. The predicted octanol–water partition coefficient (Wildman–Crippen LogP) is 3.80. The van der Waals surface area contributed by atoms with Crippen molar-refractivity contribution in [1.29, 1.82) is 0 Å². The van der Waals surface area contributed by atoms with Gasteiger partial charge in [-0.15, -0.1) is 6.58 Å². The van der Waals surface area contributed by atoms with Crippen LogP contribution in [0.15, 0.2) is 31.0 Å². The van der Waals surface area contributed by atoms with E-state index >= 15 is 0 Å². The number of hydrogen-bond acceptors (Lipinski definition) is 5. The smallest absolute Gasteiger partial charge is 0.330 e. The number of rotatable bonds is 7. The molecule has 0 amide bonds. The summed E-state index contributed by atoms with van der Waals surface area (Å²) in [5.74, 6) is 0.272. The first-order valence-corrected chi connectivity index (χ1v) is 7.89. The number of allylic oxidation sites excluding steroid dienone is 1. The summed E-state index contributed by atoms with van der Waals surface area (Å²) < 4.78 is 4.92. The number of halogens is 1. The summed E-state index contributed by atoms with van der Waals surface area (Å²) in [6.07, 6.45) is 7.29. The molecule has 0 saturated carbocycles. The Labute approximate surface area is 142 Å². The van der Waals surface area contributed by atoms with Crippen molar-refractivity contribution in [2.24, 2.45) is 5.41 Å². The number of esters is 1. The summed E-state index contributed by atoms with van der Waals surface area (Å²) in [6.45, 7) is 12.1. The SMILES string of the molecule is C=CCc1cnc(Cl)nc1NC(/C=C/C(=O)OCC)C(C)(C)C. The number of anilines is 1. The first kappa shape index (κ1) is 19.2. The number of aromatic nitrogens is 2. The molecule has 1 heterocycles. The van der Waals surface area contributed by atoms with Gasteiger partial charge in [0.05, 0.1) is 12.6 Å². The third-order valence-corrected chi connectivity index (χ3v) is 3.32. The summed E-state index contributed by atoms with van der Waals surface area (Å²) in [7, 11) is 0. The molecule has 0 aromatic carbocycles. The van der Waals surface area contributed by atoms with E-state index in [1.54, 1.807) is 25.3 Å². The molecule has 5 nitrogen and oxygen atoms in total. The zero-order valence-corrected chi connectivity index (χ0v) is 14.9. The van der Waals surface area contributed by atoms with Crippen LogP contribution in [0.1, 0.15) is 33.3 Å². The fraction of sp³-hybridized carbons (Fsp3) is 0.471. The lowest BCUT2D eigenvalue weighted by Crippen LogP contribution is -2.33. The van der Waals surface area contributed by atoms with Crippen molar-refractivity contribution in [3.05, 3.63) is 41.9 Å². The Morgan fingerprint density at radius 1 is 1.52 bits per heavy atom. The van der Waals surface area contributed by atoms with E-state index in [9.17, 15) is 4.79 Å². The molecule has 0 aliphatic rings. The van der Waals surface area contributed by atoms with Crippen LogP contribution >= 0.6 is 11.6 Å². The van der Waals surface area contributed by atoms with Gasteiger partial charge < -0.3 is 10.1 Å². The van der Waals surface area contributed by atoms with E-state index < -0.39 is 0 Å². The maximum Gasteiger partial charge on any atom is 0.330 e. The average Bonchev–Trinajstić information content (AvgIpc) is 2.45. The first-order chi connectivity index (χ1) is 10.8. The van der Waals surface area contributed by atoms with Crippen LogP contribution in [0.5, 0.6) is 0 Å². The molecular formula is C17H24ClN3O2. The van der Waals surface area contributed by atoms with Crippen molar-refractivity contribution in [3.63, 3.8) is 0 Å². The minimum absolute atomic E-state index is 0.138. The molecule has 6 heteroatoms.